The zero-order valence-electron chi connectivity index (χ0n) is 11.7. The fourth-order valence-corrected chi connectivity index (χ4v) is 2.13. The van der Waals surface area contributed by atoms with E-state index in [9.17, 15) is 4.79 Å². The van der Waals surface area contributed by atoms with Crippen LogP contribution in [0.4, 0.5) is 0 Å². The van der Waals surface area contributed by atoms with Crippen LogP contribution in [-0.4, -0.2) is 22.6 Å². The Balaban J connectivity index is 1.80. The molecule has 20 heavy (non-hydrogen) atoms. The number of halogens is 1. The number of nitrogens with zero attached hydrogens (tertiary/aromatic N) is 1. The number of H-pyrrole nitrogens is 1. The average Bonchev–Trinajstić information content (AvgIpc) is 2.83. The van der Waals surface area contributed by atoms with E-state index in [1.54, 1.807) is 12.1 Å². The maximum absolute atomic E-state index is 11.9. The molecular weight excluding hydrogens is 274 g/mol. The first-order chi connectivity index (χ1) is 9.58. The predicted octanol–water partition coefficient (Wildman–Crippen LogP) is 3.04. The summed E-state index contributed by atoms with van der Waals surface area (Å²) in [5.41, 5.74) is 3.85. The highest BCUT2D eigenvalue weighted by molar-refractivity contribution is 6.31. The quantitative estimate of drug-likeness (QED) is 0.832. The van der Waals surface area contributed by atoms with Gasteiger partial charge in [0, 0.05) is 22.8 Å². The molecule has 0 spiro atoms. The lowest BCUT2D eigenvalue weighted by Crippen LogP contribution is -2.24. The van der Waals surface area contributed by atoms with Gasteiger partial charge in [0.25, 0.3) is 5.91 Å². The lowest BCUT2D eigenvalue weighted by atomic mass is 10.1. The smallest absolute Gasteiger partial charge is 0.251 e. The summed E-state index contributed by atoms with van der Waals surface area (Å²) in [4.78, 5) is 11.9. The van der Waals surface area contributed by atoms with Crippen LogP contribution in [0.2, 0.25) is 5.02 Å². The molecule has 2 N–H and O–H groups in total. The number of amides is 1. The third-order valence-electron chi connectivity index (χ3n) is 3.28. The molecule has 106 valence electrons. The van der Waals surface area contributed by atoms with Gasteiger partial charge in [0.1, 0.15) is 0 Å². The lowest BCUT2D eigenvalue weighted by Gasteiger charge is -2.06. The number of aryl methyl sites for hydroxylation is 3. The van der Waals surface area contributed by atoms with Crippen LogP contribution in [0.25, 0.3) is 0 Å². The minimum Gasteiger partial charge on any atom is -0.352 e. The Hall–Kier alpha value is -1.81. The molecule has 2 aromatic rings. The number of nitrogens with one attached hydrogen (secondary N) is 2. The Morgan fingerprint density at radius 1 is 1.40 bits per heavy atom. The summed E-state index contributed by atoms with van der Waals surface area (Å²) < 4.78 is 0. The lowest BCUT2D eigenvalue weighted by molar-refractivity contribution is 0.0953. The van der Waals surface area contributed by atoms with Crippen LogP contribution in [0.15, 0.2) is 24.4 Å². The summed E-state index contributed by atoms with van der Waals surface area (Å²) in [6.07, 6.45) is 3.61. The first-order valence-corrected chi connectivity index (χ1v) is 6.99. The molecule has 0 atom stereocenters. The minimum absolute atomic E-state index is 0.0872. The van der Waals surface area contributed by atoms with Crippen LogP contribution in [0.5, 0.6) is 0 Å². The number of hydrogen-bond donors (Lipinski definition) is 2. The van der Waals surface area contributed by atoms with Gasteiger partial charge in [-0.05, 0) is 49.9 Å². The molecule has 0 fully saturated rings. The van der Waals surface area contributed by atoms with E-state index in [0.29, 0.717) is 17.1 Å². The average molecular weight is 292 g/mol. The minimum atomic E-state index is -0.0872. The van der Waals surface area contributed by atoms with Crippen molar-refractivity contribution < 1.29 is 4.79 Å². The van der Waals surface area contributed by atoms with Gasteiger partial charge in [0.05, 0.1) is 6.20 Å². The molecule has 0 aliphatic carbocycles. The molecule has 1 heterocycles. The Labute approximate surface area is 123 Å². The maximum Gasteiger partial charge on any atom is 0.251 e. The molecule has 0 bridgehead atoms. The third-order valence-corrected chi connectivity index (χ3v) is 3.68. The van der Waals surface area contributed by atoms with Gasteiger partial charge >= 0.3 is 0 Å². The SMILES string of the molecule is Cc1ccc(C(=O)NCCCc2cn[nH]c2C)cc1Cl. The maximum atomic E-state index is 11.9. The van der Waals surface area contributed by atoms with Crippen molar-refractivity contribution in [1.29, 1.82) is 0 Å². The van der Waals surface area contributed by atoms with E-state index < -0.39 is 0 Å². The summed E-state index contributed by atoms with van der Waals surface area (Å²) >= 11 is 6.01. The largest absolute Gasteiger partial charge is 0.352 e. The standard InChI is InChI=1S/C15H18ClN3O/c1-10-5-6-12(8-14(10)16)15(20)17-7-3-4-13-9-18-19-11(13)2/h5-6,8-9H,3-4,7H2,1-2H3,(H,17,20)(H,18,19). The highest BCUT2D eigenvalue weighted by Gasteiger charge is 2.07. The molecule has 0 radical (unpaired) electrons. The second kappa shape index (κ2) is 6.57. The monoisotopic (exact) mass is 291 g/mol. The second-order valence-electron chi connectivity index (χ2n) is 4.84. The van der Waals surface area contributed by atoms with Gasteiger partial charge in [-0.1, -0.05) is 17.7 Å². The highest BCUT2D eigenvalue weighted by Crippen LogP contribution is 2.16. The Morgan fingerprint density at radius 2 is 2.20 bits per heavy atom. The van der Waals surface area contributed by atoms with Crippen LogP contribution in [-0.2, 0) is 6.42 Å². The van der Waals surface area contributed by atoms with Crippen molar-refractivity contribution in [1.82, 2.24) is 15.5 Å². The summed E-state index contributed by atoms with van der Waals surface area (Å²) in [5, 5.41) is 10.4. The van der Waals surface area contributed by atoms with Crippen LogP contribution in [0, 0.1) is 13.8 Å². The molecule has 0 saturated heterocycles. The van der Waals surface area contributed by atoms with E-state index in [2.05, 4.69) is 15.5 Å². The molecule has 1 aromatic heterocycles. The van der Waals surface area contributed by atoms with Crippen molar-refractivity contribution >= 4 is 17.5 Å². The fourth-order valence-electron chi connectivity index (χ4n) is 1.94. The summed E-state index contributed by atoms with van der Waals surface area (Å²) in [6, 6.07) is 5.34. The molecule has 4 nitrogen and oxygen atoms in total. The van der Waals surface area contributed by atoms with Gasteiger partial charge in [-0.2, -0.15) is 5.10 Å². The van der Waals surface area contributed by atoms with Gasteiger partial charge in [0.2, 0.25) is 0 Å². The van der Waals surface area contributed by atoms with Crippen LogP contribution >= 0.6 is 11.6 Å². The second-order valence-corrected chi connectivity index (χ2v) is 5.25. The van der Waals surface area contributed by atoms with E-state index >= 15 is 0 Å². The molecule has 1 amide bonds. The first-order valence-electron chi connectivity index (χ1n) is 6.61. The molecule has 2 rings (SSSR count). The van der Waals surface area contributed by atoms with Gasteiger partial charge in [0.15, 0.2) is 0 Å². The summed E-state index contributed by atoms with van der Waals surface area (Å²) in [7, 11) is 0. The summed E-state index contributed by atoms with van der Waals surface area (Å²) in [6.45, 7) is 4.54. The third kappa shape index (κ3) is 3.61. The number of benzene rings is 1. The molecular formula is C15H18ClN3O. The molecule has 0 saturated carbocycles. The van der Waals surface area contributed by atoms with E-state index in [-0.39, 0.29) is 5.91 Å². The summed E-state index contributed by atoms with van der Waals surface area (Å²) in [5.74, 6) is -0.0872. The number of carbonyl (C=O) groups excluding carboxylic acids is 1. The highest BCUT2D eigenvalue weighted by atomic mass is 35.5. The zero-order valence-corrected chi connectivity index (χ0v) is 12.4. The van der Waals surface area contributed by atoms with Crippen LogP contribution in [0.1, 0.15) is 33.6 Å². The van der Waals surface area contributed by atoms with E-state index in [4.69, 9.17) is 11.6 Å². The Morgan fingerprint density at radius 3 is 2.85 bits per heavy atom. The molecule has 0 aliphatic rings. The zero-order chi connectivity index (χ0) is 14.5. The van der Waals surface area contributed by atoms with Gasteiger partial charge in [-0.25, -0.2) is 0 Å². The fraction of sp³-hybridized carbons (Fsp3) is 0.333. The molecule has 1 aromatic carbocycles. The van der Waals surface area contributed by atoms with E-state index in [0.717, 1.165) is 24.1 Å². The normalized spacial score (nSPS) is 10.6. The Bertz CT molecular complexity index is 607. The van der Waals surface area contributed by atoms with Gasteiger partial charge in [-0.15, -0.1) is 0 Å². The van der Waals surface area contributed by atoms with E-state index in [1.807, 2.05) is 26.1 Å². The first kappa shape index (κ1) is 14.6. The molecule has 5 heteroatoms. The van der Waals surface area contributed by atoms with Gasteiger partial charge < -0.3 is 5.32 Å². The van der Waals surface area contributed by atoms with Crippen molar-refractivity contribution in [2.75, 3.05) is 6.54 Å². The molecule has 0 unspecified atom stereocenters. The number of hydrogen-bond acceptors (Lipinski definition) is 2. The predicted molar refractivity (Wildman–Crippen MR) is 80.2 cm³/mol. The molecule has 0 aliphatic heterocycles. The number of carbonyl (C=O) groups is 1. The van der Waals surface area contributed by atoms with Crippen LogP contribution in [0.3, 0.4) is 0 Å². The van der Waals surface area contributed by atoms with Crippen molar-refractivity contribution in [2.24, 2.45) is 0 Å². The number of aromatic amines is 1. The van der Waals surface area contributed by atoms with Crippen molar-refractivity contribution in [3.63, 3.8) is 0 Å². The Kier molecular flexibility index (Phi) is 4.79. The van der Waals surface area contributed by atoms with Crippen molar-refractivity contribution in [3.8, 4) is 0 Å². The topological polar surface area (TPSA) is 57.8 Å². The van der Waals surface area contributed by atoms with Crippen LogP contribution < -0.4 is 5.32 Å². The van der Waals surface area contributed by atoms with Crippen molar-refractivity contribution in [3.05, 3.63) is 51.8 Å². The number of rotatable bonds is 5. The van der Waals surface area contributed by atoms with Crippen molar-refractivity contribution in [2.45, 2.75) is 26.7 Å². The number of aromatic nitrogens is 2. The van der Waals surface area contributed by atoms with Gasteiger partial charge in [-0.3, -0.25) is 9.89 Å². The van der Waals surface area contributed by atoms with E-state index in [1.165, 1.54) is 5.56 Å².